The molecule has 7 heteroatoms. The summed E-state index contributed by atoms with van der Waals surface area (Å²) in [6.07, 6.45) is 2.68. The number of halogens is 2. The first kappa shape index (κ1) is 15.9. The second-order valence-corrected chi connectivity index (χ2v) is 4.89. The van der Waals surface area contributed by atoms with E-state index in [0.717, 1.165) is 24.3 Å². The third-order valence-electron chi connectivity index (χ3n) is 3.32. The fourth-order valence-corrected chi connectivity index (χ4v) is 2.18. The number of carboxylic acids is 1. The van der Waals surface area contributed by atoms with Crippen LogP contribution in [0.3, 0.4) is 0 Å². The van der Waals surface area contributed by atoms with Gasteiger partial charge in [0.25, 0.3) is 0 Å². The summed E-state index contributed by atoms with van der Waals surface area (Å²) in [5.74, 6) is -3.20. The van der Waals surface area contributed by atoms with E-state index in [9.17, 15) is 18.4 Å². The first-order chi connectivity index (χ1) is 10.5. The van der Waals surface area contributed by atoms with E-state index in [0.29, 0.717) is 25.9 Å². The number of carbonyl (C=O) groups excluding carboxylic acids is 1. The third kappa shape index (κ3) is 4.28. The number of benzene rings is 1. The van der Waals surface area contributed by atoms with E-state index in [1.807, 2.05) is 0 Å². The number of carboxylic acid groups (broad SMARTS) is 1. The number of aliphatic carboxylic acids is 1. The van der Waals surface area contributed by atoms with Crippen LogP contribution in [0.2, 0.25) is 0 Å². The van der Waals surface area contributed by atoms with Crippen LogP contribution in [0.15, 0.2) is 30.4 Å². The maximum Gasteiger partial charge on any atom is 0.328 e. The fourth-order valence-electron chi connectivity index (χ4n) is 2.18. The number of hydrogen-bond donors (Lipinski definition) is 1. The summed E-state index contributed by atoms with van der Waals surface area (Å²) < 4.78 is 31.5. The van der Waals surface area contributed by atoms with Gasteiger partial charge in [-0.25, -0.2) is 13.6 Å². The monoisotopic (exact) mass is 311 g/mol. The van der Waals surface area contributed by atoms with Crippen molar-refractivity contribution in [2.75, 3.05) is 13.1 Å². The van der Waals surface area contributed by atoms with Crippen molar-refractivity contribution in [1.29, 1.82) is 0 Å². The summed E-state index contributed by atoms with van der Waals surface area (Å²) in [5, 5.41) is 8.47. The van der Waals surface area contributed by atoms with E-state index in [-0.39, 0.29) is 17.8 Å². The quantitative estimate of drug-likeness (QED) is 0.863. The molecule has 1 N–H and O–H groups in total. The zero-order chi connectivity index (χ0) is 16.1. The zero-order valence-electron chi connectivity index (χ0n) is 11.7. The molecule has 1 amide bonds. The normalized spacial score (nSPS) is 16.0. The van der Waals surface area contributed by atoms with E-state index in [1.165, 1.54) is 11.0 Å². The van der Waals surface area contributed by atoms with Crippen molar-refractivity contribution in [2.24, 2.45) is 0 Å². The highest BCUT2D eigenvalue weighted by atomic mass is 19.2. The topological polar surface area (TPSA) is 66.8 Å². The summed E-state index contributed by atoms with van der Waals surface area (Å²) >= 11 is 0. The lowest BCUT2D eigenvalue weighted by atomic mass is 10.1. The number of ether oxygens (including phenoxy) is 1. The minimum Gasteiger partial charge on any atom is -0.490 e. The Labute approximate surface area is 125 Å². The van der Waals surface area contributed by atoms with Crippen LogP contribution in [0.5, 0.6) is 5.75 Å². The van der Waals surface area contributed by atoms with Gasteiger partial charge >= 0.3 is 5.97 Å². The van der Waals surface area contributed by atoms with Crippen LogP contribution < -0.4 is 4.74 Å². The Hall–Kier alpha value is -2.44. The van der Waals surface area contributed by atoms with Gasteiger partial charge in [-0.2, -0.15) is 0 Å². The molecule has 0 bridgehead atoms. The number of amides is 1. The van der Waals surface area contributed by atoms with Gasteiger partial charge in [-0.15, -0.1) is 0 Å². The van der Waals surface area contributed by atoms with E-state index in [4.69, 9.17) is 9.84 Å². The molecule has 1 saturated heterocycles. The summed E-state index contributed by atoms with van der Waals surface area (Å²) in [6.45, 7) is 0.828. The molecule has 0 spiro atoms. The largest absolute Gasteiger partial charge is 0.490 e. The van der Waals surface area contributed by atoms with Crippen LogP contribution >= 0.6 is 0 Å². The number of nitrogens with zero attached hydrogens (tertiary/aromatic N) is 1. The number of rotatable bonds is 4. The standard InChI is InChI=1S/C15H15F2NO4/c16-12-2-1-11(9-13(12)17)22-10-5-7-18(8-6-10)14(19)3-4-15(20)21/h1-4,9-10H,5-8H2,(H,20,21)/b4-3+. The van der Waals surface area contributed by atoms with Crippen LogP contribution in [0.1, 0.15) is 12.8 Å². The Kier molecular flexibility index (Phi) is 5.08. The summed E-state index contributed by atoms with van der Waals surface area (Å²) in [6, 6.07) is 3.34. The Morgan fingerprint density at radius 2 is 1.86 bits per heavy atom. The number of carbonyl (C=O) groups is 2. The average Bonchev–Trinajstić information content (AvgIpc) is 2.49. The number of hydrogen-bond acceptors (Lipinski definition) is 3. The van der Waals surface area contributed by atoms with Gasteiger partial charge in [-0.1, -0.05) is 0 Å². The smallest absolute Gasteiger partial charge is 0.328 e. The molecular formula is C15H15F2NO4. The Bertz CT molecular complexity index is 595. The number of likely N-dealkylation sites (tertiary alicyclic amines) is 1. The highest BCUT2D eigenvalue weighted by Gasteiger charge is 2.23. The molecule has 0 aliphatic carbocycles. The molecular weight excluding hydrogens is 296 g/mol. The molecule has 1 aromatic rings. The highest BCUT2D eigenvalue weighted by Crippen LogP contribution is 2.21. The molecule has 0 saturated carbocycles. The lowest BCUT2D eigenvalue weighted by Gasteiger charge is -2.31. The predicted molar refractivity (Wildman–Crippen MR) is 73.4 cm³/mol. The van der Waals surface area contributed by atoms with E-state index in [2.05, 4.69) is 0 Å². The van der Waals surface area contributed by atoms with Crippen LogP contribution in [0.25, 0.3) is 0 Å². The average molecular weight is 311 g/mol. The first-order valence-corrected chi connectivity index (χ1v) is 6.77. The van der Waals surface area contributed by atoms with Crippen molar-refractivity contribution < 1.29 is 28.2 Å². The van der Waals surface area contributed by atoms with Gasteiger partial charge in [0.15, 0.2) is 11.6 Å². The summed E-state index contributed by atoms with van der Waals surface area (Å²) in [4.78, 5) is 23.6. The van der Waals surface area contributed by atoms with Gasteiger partial charge < -0.3 is 14.7 Å². The molecule has 0 radical (unpaired) electrons. The highest BCUT2D eigenvalue weighted by molar-refractivity contribution is 5.93. The predicted octanol–water partition coefficient (Wildman–Crippen LogP) is 1.98. The Morgan fingerprint density at radius 3 is 2.45 bits per heavy atom. The Morgan fingerprint density at radius 1 is 1.18 bits per heavy atom. The molecule has 0 atom stereocenters. The van der Waals surface area contributed by atoms with Crippen LogP contribution in [0.4, 0.5) is 8.78 Å². The third-order valence-corrected chi connectivity index (χ3v) is 3.32. The molecule has 1 fully saturated rings. The molecule has 2 rings (SSSR count). The van der Waals surface area contributed by atoms with Gasteiger partial charge in [0.2, 0.25) is 5.91 Å². The van der Waals surface area contributed by atoms with Crippen LogP contribution in [-0.2, 0) is 9.59 Å². The fraction of sp³-hybridized carbons (Fsp3) is 0.333. The Balaban J connectivity index is 1.85. The van der Waals surface area contributed by atoms with Gasteiger partial charge in [0.1, 0.15) is 11.9 Å². The molecule has 0 aromatic heterocycles. The zero-order valence-corrected chi connectivity index (χ0v) is 11.7. The summed E-state index contributed by atoms with van der Waals surface area (Å²) in [7, 11) is 0. The molecule has 1 aliphatic rings. The lowest BCUT2D eigenvalue weighted by Crippen LogP contribution is -2.41. The van der Waals surface area contributed by atoms with Crippen molar-refractivity contribution >= 4 is 11.9 Å². The first-order valence-electron chi connectivity index (χ1n) is 6.77. The van der Waals surface area contributed by atoms with Crippen molar-refractivity contribution in [2.45, 2.75) is 18.9 Å². The van der Waals surface area contributed by atoms with Crippen LogP contribution in [-0.4, -0.2) is 41.1 Å². The SMILES string of the molecule is O=C(O)/C=C/C(=O)N1CCC(Oc2ccc(F)c(F)c2)CC1. The molecule has 5 nitrogen and oxygen atoms in total. The lowest BCUT2D eigenvalue weighted by molar-refractivity contribution is -0.132. The second kappa shape index (κ2) is 7.02. The van der Waals surface area contributed by atoms with Gasteiger partial charge in [0.05, 0.1) is 0 Å². The van der Waals surface area contributed by atoms with Crippen molar-refractivity contribution in [3.63, 3.8) is 0 Å². The van der Waals surface area contributed by atoms with Gasteiger partial charge in [-0.05, 0) is 12.1 Å². The molecule has 22 heavy (non-hydrogen) atoms. The van der Waals surface area contributed by atoms with E-state index >= 15 is 0 Å². The molecule has 1 heterocycles. The molecule has 1 aromatic carbocycles. The summed E-state index contributed by atoms with van der Waals surface area (Å²) in [5.41, 5.74) is 0. The minimum absolute atomic E-state index is 0.197. The molecule has 0 unspecified atom stereocenters. The minimum atomic E-state index is -1.18. The van der Waals surface area contributed by atoms with Crippen molar-refractivity contribution in [1.82, 2.24) is 4.90 Å². The van der Waals surface area contributed by atoms with Crippen molar-refractivity contribution in [3.8, 4) is 5.75 Å². The second-order valence-electron chi connectivity index (χ2n) is 4.89. The maximum absolute atomic E-state index is 13.1. The van der Waals surface area contributed by atoms with E-state index in [1.54, 1.807) is 0 Å². The van der Waals surface area contributed by atoms with E-state index < -0.39 is 17.6 Å². The van der Waals surface area contributed by atoms with Gasteiger partial charge in [-0.3, -0.25) is 4.79 Å². The van der Waals surface area contributed by atoms with Gasteiger partial charge in [0, 0.05) is 44.1 Å². The van der Waals surface area contributed by atoms with Crippen molar-refractivity contribution in [3.05, 3.63) is 42.0 Å². The molecule has 1 aliphatic heterocycles. The molecule has 118 valence electrons. The maximum atomic E-state index is 13.1. The van der Waals surface area contributed by atoms with Crippen LogP contribution in [0, 0.1) is 11.6 Å². The number of piperidine rings is 1.